The average Bonchev–Trinajstić information content (AvgIpc) is 2.21. The van der Waals surface area contributed by atoms with Crippen LogP contribution in [-0.2, 0) is 0 Å². The Kier molecular flexibility index (Phi) is 0.897. The van der Waals surface area contributed by atoms with E-state index in [1.807, 2.05) is 0 Å². The standard InChI is InChI=1S/C7H5FO2/c1-4-2-5-3-6(8)10-7(5)9-4/h2-3H,1H3. The first-order chi connectivity index (χ1) is 4.75. The van der Waals surface area contributed by atoms with Gasteiger partial charge in [0.25, 0.3) is 11.8 Å². The third kappa shape index (κ3) is 0.635. The van der Waals surface area contributed by atoms with Gasteiger partial charge in [-0.15, -0.1) is 0 Å². The van der Waals surface area contributed by atoms with E-state index in [1.54, 1.807) is 13.0 Å². The quantitative estimate of drug-likeness (QED) is 0.561. The van der Waals surface area contributed by atoms with Crippen molar-refractivity contribution in [2.45, 2.75) is 6.92 Å². The van der Waals surface area contributed by atoms with Gasteiger partial charge in [0.1, 0.15) is 5.76 Å². The zero-order valence-corrected chi connectivity index (χ0v) is 5.35. The maximum absolute atomic E-state index is 12.3. The molecule has 2 aromatic heterocycles. The van der Waals surface area contributed by atoms with E-state index in [0.29, 0.717) is 5.39 Å². The summed E-state index contributed by atoms with van der Waals surface area (Å²) in [6.45, 7) is 1.79. The van der Waals surface area contributed by atoms with Crippen molar-refractivity contribution >= 4 is 11.2 Å². The number of hydrogen-bond donors (Lipinski definition) is 0. The first-order valence-electron chi connectivity index (χ1n) is 2.91. The molecule has 0 atom stereocenters. The minimum Gasteiger partial charge on any atom is -0.430 e. The SMILES string of the molecule is Cc1cc2cc(F)oc2o1. The molecule has 52 valence electrons. The molecular formula is C7H5FO2. The summed E-state index contributed by atoms with van der Waals surface area (Å²) in [5.74, 6) is 0.990. The number of fused-ring (bicyclic) bond motifs is 1. The number of hydrogen-bond acceptors (Lipinski definition) is 2. The molecule has 0 aliphatic rings. The second-order valence-corrected chi connectivity index (χ2v) is 2.15. The number of rotatable bonds is 0. The van der Waals surface area contributed by atoms with Crippen LogP contribution in [0.2, 0.25) is 0 Å². The molecule has 2 rings (SSSR count). The molecule has 0 bridgehead atoms. The van der Waals surface area contributed by atoms with Gasteiger partial charge in [-0.05, 0) is 13.0 Å². The molecule has 0 spiro atoms. The molecule has 0 unspecified atom stereocenters. The van der Waals surface area contributed by atoms with Gasteiger partial charge in [-0.2, -0.15) is 4.39 Å². The Balaban J connectivity index is 2.83. The largest absolute Gasteiger partial charge is 0.430 e. The summed E-state index contributed by atoms with van der Waals surface area (Å²) in [7, 11) is 0. The van der Waals surface area contributed by atoms with Crippen LogP contribution in [0.1, 0.15) is 5.76 Å². The molecule has 3 heteroatoms. The summed E-state index contributed by atoms with van der Waals surface area (Å²) in [6.07, 6.45) is 0. The van der Waals surface area contributed by atoms with Crippen LogP contribution in [0.15, 0.2) is 21.0 Å². The molecule has 0 aliphatic carbocycles. The summed E-state index contributed by atoms with van der Waals surface area (Å²) < 4.78 is 21.8. The van der Waals surface area contributed by atoms with Crippen molar-refractivity contribution in [3.05, 3.63) is 23.9 Å². The van der Waals surface area contributed by atoms with Crippen molar-refractivity contribution in [2.24, 2.45) is 0 Å². The molecule has 0 radical (unpaired) electrons. The molecule has 0 saturated heterocycles. The third-order valence-corrected chi connectivity index (χ3v) is 1.31. The van der Waals surface area contributed by atoms with E-state index < -0.39 is 6.01 Å². The van der Waals surface area contributed by atoms with Gasteiger partial charge in [-0.1, -0.05) is 0 Å². The van der Waals surface area contributed by atoms with Gasteiger partial charge in [0.05, 0.1) is 5.39 Å². The third-order valence-electron chi connectivity index (χ3n) is 1.31. The number of halogens is 1. The number of furan rings is 2. The first kappa shape index (κ1) is 5.53. The van der Waals surface area contributed by atoms with E-state index in [9.17, 15) is 4.39 Å². The van der Waals surface area contributed by atoms with Crippen molar-refractivity contribution in [3.63, 3.8) is 0 Å². The van der Waals surface area contributed by atoms with E-state index in [-0.39, 0.29) is 5.78 Å². The fourth-order valence-electron chi connectivity index (χ4n) is 0.933. The van der Waals surface area contributed by atoms with E-state index >= 15 is 0 Å². The maximum atomic E-state index is 12.3. The van der Waals surface area contributed by atoms with Crippen molar-refractivity contribution < 1.29 is 13.2 Å². The summed E-state index contributed by atoms with van der Waals surface area (Å²) in [6, 6.07) is 2.42. The molecule has 2 heterocycles. The maximum Gasteiger partial charge on any atom is 0.299 e. The lowest BCUT2D eigenvalue weighted by atomic mass is 10.4. The summed E-state index contributed by atoms with van der Waals surface area (Å²) >= 11 is 0. The Hall–Kier alpha value is -1.25. The zero-order valence-electron chi connectivity index (χ0n) is 5.35. The molecule has 0 amide bonds. The van der Waals surface area contributed by atoms with Crippen LogP contribution in [0.25, 0.3) is 11.2 Å². The van der Waals surface area contributed by atoms with Crippen LogP contribution in [0.4, 0.5) is 4.39 Å². The van der Waals surface area contributed by atoms with Crippen molar-refractivity contribution in [1.82, 2.24) is 0 Å². The zero-order chi connectivity index (χ0) is 7.14. The molecular weight excluding hydrogens is 135 g/mol. The minimum atomic E-state index is -0.603. The van der Waals surface area contributed by atoms with Gasteiger partial charge < -0.3 is 8.83 Å². The summed E-state index contributed by atoms with van der Waals surface area (Å²) in [5, 5.41) is 0.676. The highest BCUT2D eigenvalue weighted by atomic mass is 19.1. The lowest BCUT2D eigenvalue weighted by molar-refractivity contribution is 0.342. The predicted molar refractivity (Wildman–Crippen MR) is 33.2 cm³/mol. The smallest absolute Gasteiger partial charge is 0.299 e. The number of aryl methyl sites for hydroxylation is 1. The Morgan fingerprint density at radius 2 is 2.10 bits per heavy atom. The van der Waals surface area contributed by atoms with Crippen LogP contribution in [0, 0.1) is 12.9 Å². The molecule has 10 heavy (non-hydrogen) atoms. The monoisotopic (exact) mass is 140 g/mol. The van der Waals surface area contributed by atoms with Crippen LogP contribution in [-0.4, -0.2) is 0 Å². The van der Waals surface area contributed by atoms with E-state index in [0.717, 1.165) is 5.76 Å². The Morgan fingerprint density at radius 3 is 2.80 bits per heavy atom. The highest BCUT2D eigenvalue weighted by molar-refractivity contribution is 5.72. The Bertz CT molecular complexity index is 295. The Labute approximate surface area is 56.2 Å². The summed E-state index contributed by atoms with van der Waals surface area (Å²) in [5.41, 5.74) is 0. The van der Waals surface area contributed by atoms with Crippen LogP contribution < -0.4 is 0 Å². The molecule has 0 aliphatic heterocycles. The van der Waals surface area contributed by atoms with Crippen molar-refractivity contribution in [2.75, 3.05) is 0 Å². The average molecular weight is 140 g/mol. The topological polar surface area (TPSA) is 26.3 Å². The highest BCUT2D eigenvalue weighted by Gasteiger charge is 2.06. The molecule has 0 N–H and O–H groups in total. The van der Waals surface area contributed by atoms with E-state index in [1.165, 1.54) is 6.07 Å². The van der Waals surface area contributed by atoms with Gasteiger partial charge in [0, 0.05) is 6.07 Å². The van der Waals surface area contributed by atoms with Crippen molar-refractivity contribution in [3.8, 4) is 0 Å². The van der Waals surface area contributed by atoms with Gasteiger partial charge in [-0.25, -0.2) is 0 Å². The van der Waals surface area contributed by atoms with Crippen LogP contribution >= 0.6 is 0 Å². The summed E-state index contributed by atoms with van der Waals surface area (Å²) in [4.78, 5) is 0. The van der Waals surface area contributed by atoms with Gasteiger partial charge >= 0.3 is 0 Å². The van der Waals surface area contributed by atoms with E-state index in [2.05, 4.69) is 4.42 Å². The second-order valence-electron chi connectivity index (χ2n) is 2.15. The molecule has 2 aromatic rings. The molecule has 0 fully saturated rings. The van der Waals surface area contributed by atoms with Gasteiger partial charge in [0.2, 0.25) is 0 Å². The first-order valence-corrected chi connectivity index (χ1v) is 2.91. The fraction of sp³-hybridized carbons (Fsp3) is 0.143. The second kappa shape index (κ2) is 1.62. The normalized spacial score (nSPS) is 11.0. The molecule has 0 saturated carbocycles. The highest BCUT2D eigenvalue weighted by Crippen LogP contribution is 2.21. The van der Waals surface area contributed by atoms with Gasteiger partial charge in [-0.3, -0.25) is 0 Å². The predicted octanol–water partition coefficient (Wildman–Crippen LogP) is 2.47. The van der Waals surface area contributed by atoms with Crippen molar-refractivity contribution in [1.29, 1.82) is 0 Å². The van der Waals surface area contributed by atoms with E-state index in [4.69, 9.17) is 4.42 Å². The lowest BCUT2D eigenvalue weighted by Gasteiger charge is -1.76. The van der Waals surface area contributed by atoms with Gasteiger partial charge in [0.15, 0.2) is 0 Å². The van der Waals surface area contributed by atoms with Crippen LogP contribution in [0.3, 0.4) is 0 Å². The lowest BCUT2D eigenvalue weighted by Crippen LogP contribution is -1.57. The van der Waals surface area contributed by atoms with Crippen LogP contribution in [0.5, 0.6) is 0 Å². The fourth-order valence-corrected chi connectivity index (χ4v) is 0.933. The molecule has 2 nitrogen and oxygen atoms in total. The molecule has 0 aromatic carbocycles. The minimum absolute atomic E-state index is 0.259. The Morgan fingerprint density at radius 1 is 1.30 bits per heavy atom.